The monoisotopic (exact) mass is 332 g/mol. The number of carbonyl (C=O) groups is 1. The van der Waals surface area contributed by atoms with E-state index in [1.54, 1.807) is 6.92 Å². The highest BCUT2D eigenvalue weighted by atomic mass is 19.2. The van der Waals surface area contributed by atoms with Crippen LogP contribution in [0.15, 0.2) is 36.4 Å². The molecular weight excluding hydrogens is 318 g/mol. The Bertz CT molecular complexity index is 788. The molecule has 2 rings (SSSR count). The molecule has 0 aromatic heterocycles. The summed E-state index contributed by atoms with van der Waals surface area (Å²) in [5.74, 6) is -1.95. The van der Waals surface area contributed by atoms with Gasteiger partial charge in [0.2, 0.25) is 0 Å². The largest absolute Gasteiger partial charge is 0.490 e. The third kappa shape index (κ3) is 4.43. The van der Waals surface area contributed by atoms with Gasteiger partial charge >= 0.3 is 0 Å². The number of benzene rings is 2. The molecule has 0 bridgehead atoms. The number of nitrogens with one attached hydrogen (secondary N) is 1. The Morgan fingerprint density at radius 1 is 1.12 bits per heavy atom. The molecular formula is C17H14F2N2O3. The van der Waals surface area contributed by atoms with Crippen molar-refractivity contribution in [1.29, 1.82) is 5.26 Å². The van der Waals surface area contributed by atoms with Crippen molar-refractivity contribution in [3.05, 3.63) is 53.6 Å². The number of nitrogens with zero attached hydrogens (tertiary/aromatic N) is 1. The maximum atomic E-state index is 13.1. The Labute approximate surface area is 137 Å². The van der Waals surface area contributed by atoms with E-state index in [1.807, 2.05) is 6.07 Å². The van der Waals surface area contributed by atoms with Crippen molar-refractivity contribution in [1.82, 2.24) is 0 Å². The summed E-state index contributed by atoms with van der Waals surface area (Å²) in [6, 6.07) is 9.57. The standard InChI is InChI=1S/C17H14F2N2O3/c1-2-23-16-7-11(9-20)3-6-15(16)24-10-17(22)21-12-4-5-13(18)14(19)8-12/h3-8H,2,10H2,1H3,(H,21,22). The minimum absolute atomic E-state index is 0.118. The fourth-order valence-corrected chi connectivity index (χ4v) is 1.88. The summed E-state index contributed by atoms with van der Waals surface area (Å²) < 4.78 is 36.6. The molecule has 24 heavy (non-hydrogen) atoms. The van der Waals surface area contributed by atoms with Gasteiger partial charge in [0.25, 0.3) is 5.91 Å². The van der Waals surface area contributed by atoms with Gasteiger partial charge in [-0.05, 0) is 31.2 Å². The van der Waals surface area contributed by atoms with Crippen molar-refractivity contribution in [2.75, 3.05) is 18.5 Å². The van der Waals surface area contributed by atoms with E-state index in [4.69, 9.17) is 14.7 Å². The van der Waals surface area contributed by atoms with Gasteiger partial charge in [-0.3, -0.25) is 4.79 Å². The molecule has 0 spiro atoms. The third-order valence-corrected chi connectivity index (χ3v) is 2.93. The highest BCUT2D eigenvalue weighted by Gasteiger charge is 2.10. The number of hydrogen-bond acceptors (Lipinski definition) is 4. The zero-order valence-corrected chi connectivity index (χ0v) is 12.8. The van der Waals surface area contributed by atoms with Crippen molar-refractivity contribution in [3.63, 3.8) is 0 Å². The van der Waals surface area contributed by atoms with Gasteiger partial charge in [-0.1, -0.05) is 0 Å². The highest BCUT2D eigenvalue weighted by Crippen LogP contribution is 2.28. The summed E-state index contributed by atoms with van der Waals surface area (Å²) >= 11 is 0. The third-order valence-electron chi connectivity index (χ3n) is 2.93. The zero-order chi connectivity index (χ0) is 17.5. The van der Waals surface area contributed by atoms with E-state index in [0.29, 0.717) is 23.7 Å². The molecule has 0 fully saturated rings. The van der Waals surface area contributed by atoms with Crippen LogP contribution in [0.2, 0.25) is 0 Å². The molecule has 5 nitrogen and oxygen atoms in total. The summed E-state index contributed by atoms with van der Waals surface area (Å²) in [7, 11) is 0. The molecule has 0 unspecified atom stereocenters. The molecule has 0 saturated heterocycles. The molecule has 0 saturated carbocycles. The van der Waals surface area contributed by atoms with Crippen LogP contribution in [0.25, 0.3) is 0 Å². The van der Waals surface area contributed by atoms with Crippen molar-refractivity contribution < 1.29 is 23.0 Å². The molecule has 124 valence electrons. The molecule has 0 aliphatic rings. The van der Waals surface area contributed by atoms with Crippen LogP contribution in [0.4, 0.5) is 14.5 Å². The van der Waals surface area contributed by atoms with E-state index < -0.39 is 17.5 Å². The number of halogens is 2. The molecule has 0 aliphatic carbocycles. The van der Waals surface area contributed by atoms with Gasteiger partial charge in [0, 0.05) is 17.8 Å². The smallest absolute Gasteiger partial charge is 0.262 e. The summed E-state index contributed by atoms with van der Waals surface area (Å²) in [5, 5.41) is 11.3. The van der Waals surface area contributed by atoms with Crippen molar-refractivity contribution in [3.8, 4) is 17.6 Å². The van der Waals surface area contributed by atoms with Crippen LogP contribution in [0.1, 0.15) is 12.5 Å². The lowest BCUT2D eigenvalue weighted by Gasteiger charge is -2.12. The molecule has 1 amide bonds. The lowest BCUT2D eigenvalue weighted by molar-refractivity contribution is -0.118. The fourth-order valence-electron chi connectivity index (χ4n) is 1.88. The lowest BCUT2D eigenvalue weighted by Crippen LogP contribution is -2.20. The van der Waals surface area contributed by atoms with Gasteiger partial charge in [0.15, 0.2) is 29.7 Å². The first-order valence-corrected chi connectivity index (χ1v) is 7.08. The second-order valence-electron chi connectivity index (χ2n) is 4.67. The minimum atomic E-state index is -1.06. The maximum absolute atomic E-state index is 13.1. The molecule has 0 aliphatic heterocycles. The molecule has 2 aromatic rings. The molecule has 0 radical (unpaired) electrons. The number of anilines is 1. The number of rotatable bonds is 6. The number of nitriles is 1. The minimum Gasteiger partial charge on any atom is -0.490 e. The summed E-state index contributed by atoms with van der Waals surface area (Å²) in [6.45, 7) is 1.79. The Morgan fingerprint density at radius 2 is 1.92 bits per heavy atom. The second-order valence-corrected chi connectivity index (χ2v) is 4.67. The number of carbonyl (C=O) groups excluding carboxylic acids is 1. The predicted molar refractivity (Wildman–Crippen MR) is 82.8 cm³/mol. The van der Waals surface area contributed by atoms with E-state index in [9.17, 15) is 13.6 Å². The van der Waals surface area contributed by atoms with Gasteiger partial charge in [0.05, 0.1) is 18.2 Å². The highest BCUT2D eigenvalue weighted by molar-refractivity contribution is 5.91. The van der Waals surface area contributed by atoms with Crippen molar-refractivity contribution >= 4 is 11.6 Å². The number of amides is 1. The Balaban J connectivity index is 2.00. The van der Waals surface area contributed by atoms with Gasteiger partial charge in [-0.2, -0.15) is 5.26 Å². The predicted octanol–water partition coefficient (Wildman–Crippen LogP) is 3.25. The average molecular weight is 332 g/mol. The fraction of sp³-hybridized carbons (Fsp3) is 0.176. The van der Waals surface area contributed by atoms with E-state index in [2.05, 4.69) is 5.32 Å². The molecule has 0 heterocycles. The molecule has 7 heteroatoms. The summed E-state index contributed by atoms with van der Waals surface area (Å²) in [4.78, 5) is 11.8. The van der Waals surface area contributed by atoms with Crippen LogP contribution in [0.5, 0.6) is 11.5 Å². The first-order chi connectivity index (χ1) is 11.5. The average Bonchev–Trinajstić information content (AvgIpc) is 2.57. The van der Waals surface area contributed by atoms with Gasteiger partial charge in [0.1, 0.15) is 0 Å². The topological polar surface area (TPSA) is 71.3 Å². The van der Waals surface area contributed by atoms with Crippen LogP contribution in [-0.2, 0) is 4.79 Å². The number of hydrogen-bond donors (Lipinski definition) is 1. The first kappa shape index (κ1) is 17.2. The van der Waals surface area contributed by atoms with Crippen molar-refractivity contribution in [2.24, 2.45) is 0 Å². The van der Waals surface area contributed by atoms with E-state index in [-0.39, 0.29) is 12.3 Å². The molecule has 1 N–H and O–H groups in total. The second kappa shape index (κ2) is 7.92. The number of ether oxygens (including phenoxy) is 2. The zero-order valence-electron chi connectivity index (χ0n) is 12.8. The first-order valence-electron chi connectivity index (χ1n) is 7.08. The Hall–Kier alpha value is -3.14. The molecule has 0 atom stereocenters. The van der Waals surface area contributed by atoms with E-state index in [0.717, 1.165) is 12.1 Å². The van der Waals surface area contributed by atoms with Crippen LogP contribution in [0, 0.1) is 23.0 Å². The molecule has 2 aromatic carbocycles. The van der Waals surface area contributed by atoms with E-state index in [1.165, 1.54) is 24.3 Å². The summed E-state index contributed by atoms with van der Waals surface area (Å²) in [6.07, 6.45) is 0. The quantitative estimate of drug-likeness (QED) is 0.881. The van der Waals surface area contributed by atoms with Crippen LogP contribution >= 0.6 is 0 Å². The van der Waals surface area contributed by atoms with Gasteiger partial charge < -0.3 is 14.8 Å². The summed E-state index contributed by atoms with van der Waals surface area (Å²) in [5.41, 5.74) is 0.518. The Morgan fingerprint density at radius 3 is 2.58 bits per heavy atom. The van der Waals surface area contributed by atoms with Gasteiger partial charge in [-0.15, -0.1) is 0 Å². The SMILES string of the molecule is CCOc1cc(C#N)ccc1OCC(=O)Nc1ccc(F)c(F)c1. The van der Waals surface area contributed by atoms with Gasteiger partial charge in [-0.25, -0.2) is 8.78 Å². The van der Waals surface area contributed by atoms with Crippen LogP contribution < -0.4 is 14.8 Å². The normalized spacial score (nSPS) is 9.92. The van der Waals surface area contributed by atoms with Crippen molar-refractivity contribution in [2.45, 2.75) is 6.92 Å². The van der Waals surface area contributed by atoms with E-state index >= 15 is 0 Å². The van der Waals surface area contributed by atoms with Crippen LogP contribution in [0.3, 0.4) is 0 Å². The van der Waals surface area contributed by atoms with Crippen LogP contribution in [-0.4, -0.2) is 19.1 Å². The Kier molecular flexibility index (Phi) is 5.68. The maximum Gasteiger partial charge on any atom is 0.262 e. The lowest BCUT2D eigenvalue weighted by atomic mass is 10.2.